The van der Waals surface area contributed by atoms with E-state index in [1.54, 1.807) is 0 Å². The Balaban J connectivity index is 1.84. The molecule has 0 radical (unpaired) electrons. The highest BCUT2D eigenvalue weighted by Crippen LogP contribution is 2.28. The van der Waals surface area contributed by atoms with Crippen molar-refractivity contribution in [1.29, 1.82) is 0 Å². The minimum absolute atomic E-state index is 0.122. The molecule has 136 valence electrons. The van der Waals surface area contributed by atoms with E-state index >= 15 is 0 Å². The molecular formula is C14H17F3N6OS. The van der Waals surface area contributed by atoms with E-state index in [-0.39, 0.29) is 16.8 Å². The van der Waals surface area contributed by atoms with Crippen LogP contribution in [0.4, 0.5) is 18.9 Å². The second-order valence-electron chi connectivity index (χ2n) is 5.30. The molecule has 0 atom stereocenters. The van der Waals surface area contributed by atoms with E-state index in [2.05, 4.69) is 15.5 Å². The SMILES string of the molecule is CN(C)c1ccc(CNC(=O)CSc2nnc(C(F)(F)F)n2N)cc1. The van der Waals surface area contributed by atoms with Crippen LogP contribution >= 0.6 is 11.8 Å². The van der Waals surface area contributed by atoms with Crippen molar-refractivity contribution in [1.82, 2.24) is 20.2 Å². The zero-order valence-corrected chi connectivity index (χ0v) is 14.4. The molecule has 1 aromatic heterocycles. The number of rotatable bonds is 6. The lowest BCUT2D eigenvalue weighted by atomic mass is 10.2. The van der Waals surface area contributed by atoms with Crippen molar-refractivity contribution in [3.05, 3.63) is 35.7 Å². The molecule has 0 unspecified atom stereocenters. The number of aromatic nitrogens is 3. The number of carbonyl (C=O) groups excluding carboxylic acids is 1. The summed E-state index contributed by atoms with van der Waals surface area (Å²) in [4.78, 5) is 13.8. The van der Waals surface area contributed by atoms with Gasteiger partial charge in [0.25, 0.3) is 5.82 Å². The smallest absolute Gasteiger partial charge is 0.378 e. The molecule has 0 spiro atoms. The number of hydrogen-bond donors (Lipinski definition) is 2. The van der Waals surface area contributed by atoms with Crippen LogP contribution in [0.3, 0.4) is 0 Å². The monoisotopic (exact) mass is 374 g/mol. The lowest BCUT2D eigenvalue weighted by Crippen LogP contribution is -2.25. The molecule has 3 N–H and O–H groups in total. The fraction of sp³-hybridized carbons (Fsp3) is 0.357. The minimum atomic E-state index is -4.69. The third kappa shape index (κ3) is 5.02. The summed E-state index contributed by atoms with van der Waals surface area (Å²) in [6, 6.07) is 7.61. The topological polar surface area (TPSA) is 89.1 Å². The van der Waals surface area contributed by atoms with Gasteiger partial charge in [0.1, 0.15) is 0 Å². The average Bonchev–Trinajstić information content (AvgIpc) is 2.92. The molecule has 0 bridgehead atoms. The van der Waals surface area contributed by atoms with Crippen LogP contribution < -0.4 is 16.1 Å². The van der Waals surface area contributed by atoms with E-state index in [9.17, 15) is 18.0 Å². The van der Waals surface area contributed by atoms with Crippen LogP contribution in [0, 0.1) is 0 Å². The summed E-state index contributed by atoms with van der Waals surface area (Å²) in [5.41, 5.74) is 1.94. The first kappa shape index (κ1) is 18.9. The fourth-order valence-corrected chi connectivity index (χ4v) is 2.55. The molecule has 11 heteroatoms. The second kappa shape index (κ2) is 7.64. The zero-order chi connectivity index (χ0) is 18.6. The van der Waals surface area contributed by atoms with Crippen molar-refractivity contribution in [2.45, 2.75) is 17.9 Å². The molecule has 1 aromatic carbocycles. The standard InChI is InChI=1S/C14H17F3N6OS/c1-22(2)10-5-3-9(4-6-10)7-19-11(24)8-25-13-21-20-12(23(13)18)14(15,16)17/h3-6H,7-8,18H2,1-2H3,(H,19,24). The predicted octanol–water partition coefficient (Wildman–Crippen LogP) is 1.49. The van der Waals surface area contributed by atoms with Gasteiger partial charge in [-0.2, -0.15) is 13.2 Å². The van der Waals surface area contributed by atoms with Crippen LogP contribution in [0.5, 0.6) is 0 Å². The molecular weight excluding hydrogens is 357 g/mol. The summed E-state index contributed by atoms with van der Waals surface area (Å²) < 4.78 is 38.0. The van der Waals surface area contributed by atoms with Gasteiger partial charge in [-0.15, -0.1) is 10.2 Å². The number of carbonyl (C=O) groups is 1. The molecule has 0 aliphatic carbocycles. The van der Waals surface area contributed by atoms with Gasteiger partial charge in [0, 0.05) is 26.3 Å². The number of alkyl halides is 3. The van der Waals surface area contributed by atoms with Crippen molar-refractivity contribution in [3.8, 4) is 0 Å². The quantitative estimate of drug-likeness (QED) is 0.588. The van der Waals surface area contributed by atoms with E-state index in [0.29, 0.717) is 11.2 Å². The number of thioether (sulfide) groups is 1. The van der Waals surface area contributed by atoms with Crippen LogP contribution in [0.25, 0.3) is 0 Å². The van der Waals surface area contributed by atoms with E-state index in [1.165, 1.54) is 0 Å². The number of nitrogen functional groups attached to an aromatic ring is 1. The maximum absolute atomic E-state index is 12.6. The molecule has 0 aliphatic heterocycles. The van der Waals surface area contributed by atoms with Crippen molar-refractivity contribution >= 4 is 23.4 Å². The Morgan fingerprint density at radius 3 is 2.44 bits per heavy atom. The largest absolute Gasteiger partial charge is 0.453 e. The molecule has 25 heavy (non-hydrogen) atoms. The van der Waals surface area contributed by atoms with Crippen molar-refractivity contribution < 1.29 is 18.0 Å². The van der Waals surface area contributed by atoms with E-state index in [0.717, 1.165) is 23.0 Å². The van der Waals surface area contributed by atoms with Gasteiger partial charge in [-0.1, -0.05) is 23.9 Å². The molecule has 0 saturated heterocycles. The normalized spacial score (nSPS) is 11.4. The van der Waals surface area contributed by atoms with Gasteiger partial charge in [0.2, 0.25) is 11.1 Å². The highest BCUT2D eigenvalue weighted by Gasteiger charge is 2.38. The Kier molecular flexibility index (Phi) is 5.77. The Morgan fingerprint density at radius 2 is 1.92 bits per heavy atom. The Labute approximate surface area is 146 Å². The van der Waals surface area contributed by atoms with Gasteiger partial charge in [0.15, 0.2) is 0 Å². The van der Waals surface area contributed by atoms with Crippen LogP contribution in [0.1, 0.15) is 11.4 Å². The van der Waals surface area contributed by atoms with Gasteiger partial charge in [-0.25, -0.2) is 4.68 Å². The maximum Gasteiger partial charge on any atom is 0.453 e. The first-order valence-corrected chi connectivity index (χ1v) is 8.10. The van der Waals surface area contributed by atoms with Gasteiger partial charge in [-0.05, 0) is 17.7 Å². The average molecular weight is 374 g/mol. The lowest BCUT2D eigenvalue weighted by Gasteiger charge is -2.12. The molecule has 0 saturated carbocycles. The first-order valence-electron chi connectivity index (χ1n) is 7.12. The van der Waals surface area contributed by atoms with Crippen molar-refractivity contribution in [2.75, 3.05) is 30.6 Å². The molecule has 0 aliphatic rings. The van der Waals surface area contributed by atoms with Gasteiger partial charge in [-0.3, -0.25) is 4.79 Å². The van der Waals surface area contributed by atoms with Crippen LogP contribution in [0.2, 0.25) is 0 Å². The molecule has 1 heterocycles. The summed E-state index contributed by atoms with van der Waals surface area (Å²) in [6.45, 7) is 0.316. The number of nitrogens with two attached hydrogens (primary N) is 1. The molecule has 1 amide bonds. The maximum atomic E-state index is 12.6. The number of nitrogens with one attached hydrogen (secondary N) is 1. The Morgan fingerprint density at radius 1 is 1.28 bits per heavy atom. The Hall–Kier alpha value is -2.43. The van der Waals surface area contributed by atoms with E-state index in [1.807, 2.05) is 43.3 Å². The summed E-state index contributed by atoms with van der Waals surface area (Å²) >= 11 is 0.779. The summed E-state index contributed by atoms with van der Waals surface area (Å²) in [6.07, 6.45) is -4.69. The van der Waals surface area contributed by atoms with Gasteiger partial charge < -0.3 is 16.1 Å². The number of amides is 1. The number of halogens is 3. The first-order chi connectivity index (χ1) is 11.7. The Bertz CT molecular complexity index is 729. The van der Waals surface area contributed by atoms with Crippen LogP contribution in [-0.4, -0.2) is 40.6 Å². The van der Waals surface area contributed by atoms with Gasteiger partial charge in [0.05, 0.1) is 5.75 Å². The zero-order valence-electron chi connectivity index (χ0n) is 13.5. The highest BCUT2D eigenvalue weighted by molar-refractivity contribution is 7.99. The lowest BCUT2D eigenvalue weighted by molar-refractivity contribution is -0.146. The highest BCUT2D eigenvalue weighted by atomic mass is 32.2. The minimum Gasteiger partial charge on any atom is -0.378 e. The van der Waals surface area contributed by atoms with E-state index < -0.39 is 12.0 Å². The third-order valence-electron chi connectivity index (χ3n) is 3.19. The summed E-state index contributed by atoms with van der Waals surface area (Å²) in [5.74, 6) is 3.51. The number of nitrogens with zero attached hydrogens (tertiary/aromatic N) is 4. The molecule has 0 fully saturated rings. The third-order valence-corrected chi connectivity index (χ3v) is 4.14. The fourth-order valence-electron chi connectivity index (χ4n) is 1.86. The summed E-state index contributed by atoms with van der Waals surface area (Å²) in [5, 5.41) is 8.83. The van der Waals surface area contributed by atoms with Gasteiger partial charge >= 0.3 is 6.18 Å². The molecule has 2 rings (SSSR count). The van der Waals surface area contributed by atoms with E-state index in [4.69, 9.17) is 5.84 Å². The molecule has 2 aromatic rings. The molecule has 7 nitrogen and oxygen atoms in total. The number of benzene rings is 1. The van der Waals surface area contributed by atoms with Crippen molar-refractivity contribution in [3.63, 3.8) is 0 Å². The number of anilines is 1. The summed E-state index contributed by atoms with van der Waals surface area (Å²) in [7, 11) is 3.85. The van der Waals surface area contributed by atoms with Crippen LogP contribution in [0.15, 0.2) is 29.4 Å². The number of hydrogen-bond acceptors (Lipinski definition) is 6. The predicted molar refractivity (Wildman–Crippen MR) is 88.5 cm³/mol. The van der Waals surface area contributed by atoms with Crippen LogP contribution in [-0.2, 0) is 17.5 Å². The second-order valence-corrected chi connectivity index (χ2v) is 6.24. The van der Waals surface area contributed by atoms with Crippen molar-refractivity contribution in [2.24, 2.45) is 0 Å².